The van der Waals surface area contributed by atoms with Gasteiger partial charge in [0, 0.05) is 36.0 Å². The van der Waals surface area contributed by atoms with Crippen LogP contribution in [0.15, 0.2) is 40.9 Å². The van der Waals surface area contributed by atoms with Crippen molar-refractivity contribution in [3.63, 3.8) is 0 Å². The summed E-state index contributed by atoms with van der Waals surface area (Å²) in [6, 6.07) is 8.08. The number of amides is 2. The molecule has 0 bridgehead atoms. The Morgan fingerprint density at radius 1 is 1.32 bits per heavy atom. The van der Waals surface area contributed by atoms with Crippen LogP contribution in [0.3, 0.4) is 0 Å². The van der Waals surface area contributed by atoms with Crippen molar-refractivity contribution in [2.45, 2.75) is 31.7 Å². The average Bonchev–Trinajstić information content (AvgIpc) is 3.45. The number of anilines is 1. The summed E-state index contributed by atoms with van der Waals surface area (Å²) in [5, 5.41) is 5.36. The number of halogens is 2. The molecule has 7 nitrogen and oxygen atoms in total. The maximum absolute atomic E-state index is 12.3. The Bertz CT molecular complexity index is 988. The highest BCUT2D eigenvalue weighted by Gasteiger charge is 2.28. The highest BCUT2D eigenvalue weighted by atomic mass is 19.3. The van der Waals surface area contributed by atoms with E-state index in [1.54, 1.807) is 30.3 Å². The Hall–Kier alpha value is -3.23. The summed E-state index contributed by atoms with van der Waals surface area (Å²) in [4.78, 5) is 20.5. The zero-order valence-electron chi connectivity index (χ0n) is 14.8. The van der Waals surface area contributed by atoms with Gasteiger partial charge < -0.3 is 19.8 Å². The van der Waals surface area contributed by atoms with Crippen LogP contribution >= 0.6 is 0 Å². The quantitative estimate of drug-likeness (QED) is 0.637. The lowest BCUT2D eigenvalue weighted by atomic mass is 10.2. The molecule has 146 valence electrons. The number of urea groups is 1. The van der Waals surface area contributed by atoms with Crippen molar-refractivity contribution in [3.05, 3.63) is 48.0 Å². The molecule has 2 amide bonds. The molecular weight excluding hydrogens is 370 g/mol. The molecule has 0 radical (unpaired) electrons. The number of oxazole rings is 1. The van der Waals surface area contributed by atoms with Gasteiger partial charge in [-0.05, 0) is 31.0 Å². The molecule has 0 unspecified atom stereocenters. The van der Waals surface area contributed by atoms with Crippen molar-refractivity contribution in [1.82, 2.24) is 15.3 Å². The summed E-state index contributed by atoms with van der Waals surface area (Å²) in [6.07, 6.45) is 1.03. The molecule has 2 aromatic heterocycles. The molecule has 3 aromatic rings. The molecule has 2 heterocycles. The molecule has 9 heteroatoms. The SMILES string of the molecule is O=C(NCc1cccnc1OCC(F)F)Nc1ccc2nc(C3CC3)oc2c1. The molecule has 0 spiro atoms. The minimum absolute atomic E-state index is 0.0683. The maximum atomic E-state index is 12.3. The normalized spacial score (nSPS) is 13.7. The molecule has 1 aromatic carbocycles. The highest BCUT2D eigenvalue weighted by Crippen LogP contribution is 2.40. The summed E-state index contributed by atoms with van der Waals surface area (Å²) in [7, 11) is 0. The van der Waals surface area contributed by atoms with Crippen LogP contribution in [0, 0.1) is 0 Å². The second-order valence-electron chi connectivity index (χ2n) is 6.49. The van der Waals surface area contributed by atoms with E-state index in [0.717, 1.165) is 24.2 Å². The first-order valence-electron chi connectivity index (χ1n) is 8.88. The van der Waals surface area contributed by atoms with E-state index < -0.39 is 19.1 Å². The highest BCUT2D eigenvalue weighted by molar-refractivity contribution is 5.91. The van der Waals surface area contributed by atoms with Gasteiger partial charge in [0.15, 0.2) is 18.1 Å². The van der Waals surface area contributed by atoms with Crippen molar-refractivity contribution in [2.75, 3.05) is 11.9 Å². The number of nitrogens with zero attached hydrogens (tertiary/aromatic N) is 2. The Balaban J connectivity index is 1.36. The topological polar surface area (TPSA) is 89.3 Å². The molecule has 0 atom stereocenters. The molecule has 0 saturated heterocycles. The van der Waals surface area contributed by atoms with Gasteiger partial charge in [0.25, 0.3) is 6.43 Å². The van der Waals surface area contributed by atoms with Gasteiger partial charge in [-0.25, -0.2) is 23.5 Å². The molecule has 1 aliphatic rings. The van der Waals surface area contributed by atoms with Crippen LogP contribution < -0.4 is 15.4 Å². The summed E-state index contributed by atoms with van der Waals surface area (Å²) in [6.45, 7) is -0.676. The van der Waals surface area contributed by atoms with Crippen molar-refractivity contribution in [1.29, 1.82) is 0 Å². The molecule has 0 aliphatic heterocycles. The lowest BCUT2D eigenvalue weighted by molar-refractivity contribution is 0.0790. The number of pyridine rings is 1. The van der Waals surface area contributed by atoms with Crippen LogP contribution in [-0.4, -0.2) is 29.0 Å². The Morgan fingerprint density at radius 2 is 2.18 bits per heavy atom. The van der Waals surface area contributed by atoms with Crippen LogP contribution in [0.2, 0.25) is 0 Å². The maximum Gasteiger partial charge on any atom is 0.319 e. The van der Waals surface area contributed by atoms with Crippen LogP contribution in [-0.2, 0) is 6.54 Å². The lowest BCUT2D eigenvalue weighted by Gasteiger charge is -2.11. The van der Waals surface area contributed by atoms with Gasteiger partial charge in [0.2, 0.25) is 5.88 Å². The standard InChI is InChI=1S/C19H18F2N4O3/c20-16(21)10-27-17-12(2-1-7-22-17)9-23-19(26)24-13-5-6-14-15(8-13)28-18(25-14)11-3-4-11/h1-2,5-8,11,16H,3-4,9-10H2,(H2,23,24,26). The minimum atomic E-state index is -2.60. The molecule has 28 heavy (non-hydrogen) atoms. The molecule has 1 saturated carbocycles. The number of carbonyl (C=O) groups is 1. The van der Waals surface area contributed by atoms with E-state index in [1.165, 1.54) is 6.20 Å². The van der Waals surface area contributed by atoms with Crippen molar-refractivity contribution in [3.8, 4) is 5.88 Å². The third kappa shape index (κ3) is 4.36. The molecule has 1 fully saturated rings. The summed E-state index contributed by atoms with van der Waals surface area (Å²) in [5.41, 5.74) is 2.43. The van der Waals surface area contributed by atoms with Gasteiger partial charge in [0.05, 0.1) is 0 Å². The summed E-state index contributed by atoms with van der Waals surface area (Å²) >= 11 is 0. The summed E-state index contributed by atoms with van der Waals surface area (Å²) < 4.78 is 35.4. The minimum Gasteiger partial charge on any atom is -0.471 e. The molecule has 4 rings (SSSR count). The number of aromatic nitrogens is 2. The number of fused-ring (bicyclic) bond motifs is 1. The fourth-order valence-corrected chi connectivity index (χ4v) is 2.71. The van der Waals surface area contributed by atoms with E-state index in [0.29, 0.717) is 22.8 Å². The van der Waals surface area contributed by atoms with Crippen molar-refractivity contribution in [2.24, 2.45) is 0 Å². The number of carbonyl (C=O) groups excluding carboxylic acids is 1. The van der Waals surface area contributed by atoms with Gasteiger partial charge in [-0.3, -0.25) is 0 Å². The lowest BCUT2D eigenvalue weighted by Crippen LogP contribution is -2.28. The zero-order valence-corrected chi connectivity index (χ0v) is 14.8. The second kappa shape index (κ2) is 7.79. The molecule has 1 aliphatic carbocycles. The van der Waals surface area contributed by atoms with Crippen LogP contribution in [0.25, 0.3) is 11.1 Å². The van der Waals surface area contributed by atoms with Gasteiger partial charge >= 0.3 is 6.03 Å². The number of rotatable bonds is 7. The largest absolute Gasteiger partial charge is 0.471 e. The van der Waals surface area contributed by atoms with E-state index in [1.807, 2.05) is 0 Å². The fourth-order valence-electron chi connectivity index (χ4n) is 2.71. The third-order valence-electron chi connectivity index (χ3n) is 4.22. The van der Waals surface area contributed by atoms with E-state index in [-0.39, 0.29) is 12.4 Å². The predicted molar refractivity (Wildman–Crippen MR) is 97.6 cm³/mol. The number of hydrogen-bond acceptors (Lipinski definition) is 5. The third-order valence-corrected chi connectivity index (χ3v) is 4.22. The monoisotopic (exact) mass is 388 g/mol. The van der Waals surface area contributed by atoms with E-state index in [4.69, 9.17) is 9.15 Å². The Morgan fingerprint density at radius 3 is 2.96 bits per heavy atom. The van der Waals surface area contributed by atoms with E-state index in [2.05, 4.69) is 20.6 Å². The molecular formula is C19H18F2N4O3. The van der Waals surface area contributed by atoms with Crippen LogP contribution in [0.1, 0.15) is 30.2 Å². The first kappa shape index (κ1) is 18.1. The van der Waals surface area contributed by atoms with Gasteiger partial charge in [0.1, 0.15) is 5.52 Å². The Kier molecular flexibility index (Phi) is 5.05. The van der Waals surface area contributed by atoms with E-state index in [9.17, 15) is 13.6 Å². The first-order valence-corrected chi connectivity index (χ1v) is 8.88. The number of alkyl halides is 2. The fraction of sp³-hybridized carbons (Fsp3) is 0.316. The van der Waals surface area contributed by atoms with Gasteiger partial charge in [-0.1, -0.05) is 6.07 Å². The van der Waals surface area contributed by atoms with E-state index >= 15 is 0 Å². The smallest absolute Gasteiger partial charge is 0.319 e. The first-order chi connectivity index (χ1) is 13.6. The number of hydrogen-bond donors (Lipinski definition) is 2. The number of ether oxygens (including phenoxy) is 1. The summed E-state index contributed by atoms with van der Waals surface area (Å²) in [5.74, 6) is 1.22. The Labute approximate surface area is 159 Å². The second-order valence-corrected chi connectivity index (χ2v) is 6.49. The predicted octanol–water partition coefficient (Wildman–Crippen LogP) is 4.07. The number of benzene rings is 1. The van der Waals surface area contributed by atoms with Crippen molar-refractivity contribution < 1.29 is 22.7 Å². The van der Waals surface area contributed by atoms with Gasteiger partial charge in [-0.2, -0.15) is 0 Å². The zero-order chi connectivity index (χ0) is 19.5. The van der Waals surface area contributed by atoms with Crippen molar-refractivity contribution >= 4 is 22.8 Å². The average molecular weight is 388 g/mol. The van der Waals surface area contributed by atoms with Crippen LogP contribution in [0.5, 0.6) is 5.88 Å². The van der Waals surface area contributed by atoms with Crippen LogP contribution in [0.4, 0.5) is 19.3 Å². The number of nitrogens with one attached hydrogen (secondary N) is 2. The molecule has 2 N–H and O–H groups in total. The van der Waals surface area contributed by atoms with Gasteiger partial charge in [-0.15, -0.1) is 0 Å².